The molecule has 0 spiro atoms. The van der Waals surface area contributed by atoms with Crippen LogP contribution in [0.1, 0.15) is 37.0 Å². The molecule has 0 aliphatic rings. The Morgan fingerprint density at radius 2 is 2.00 bits per heavy atom. The molecule has 0 saturated carbocycles. The molecule has 0 atom stereocenters. The average molecular weight is 330 g/mol. The zero-order valence-corrected chi connectivity index (χ0v) is 12.8. The Bertz CT molecular complexity index is 436. The molecule has 0 bridgehead atoms. The molecule has 0 amide bonds. The average Bonchev–Trinajstić information content (AvgIpc) is 2.40. The topological polar surface area (TPSA) is 69.6 Å². The quantitative estimate of drug-likeness (QED) is 0.717. The summed E-state index contributed by atoms with van der Waals surface area (Å²) in [5.74, 6) is -0.953. The first-order chi connectivity index (χ1) is 8.98. The molecule has 4 nitrogen and oxygen atoms in total. The second-order valence-corrected chi connectivity index (χ2v) is 5.57. The predicted octanol–water partition coefficient (Wildman–Crippen LogP) is 3.36. The molecule has 3 N–H and O–H groups in total. The van der Waals surface area contributed by atoms with Crippen molar-refractivity contribution in [2.24, 2.45) is 5.41 Å². The Balaban J connectivity index is 2.78. The smallest absolute Gasteiger partial charge is 0.336 e. The number of aliphatic hydroxyl groups excluding tert-OH is 1. The van der Waals surface area contributed by atoms with E-state index in [2.05, 4.69) is 35.1 Å². The van der Waals surface area contributed by atoms with E-state index in [0.717, 1.165) is 18.5 Å². The van der Waals surface area contributed by atoms with Gasteiger partial charge in [-0.3, -0.25) is 0 Å². The number of aromatic carboxylic acids is 1. The van der Waals surface area contributed by atoms with Crippen LogP contribution in [0.2, 0.25) is 0 Å². The summed E-state index contributed by atoms with van der Waals surface area (Å²) in [6.45, 7) is 4.92. The fourth-order valence-corrected chi connectivity index (χ4v) is 2.42. The molecule has 0 radical (unpaired) electrons. The molecule has 1 aromatic rings. The minimum Gasteiger partial charge on any atom is -0.478 e. The second-order valence-electron chi connectivity index (χ2n) is 4.72. The summed E-state index contributed by atoms with van der Waals surface area (Å²) in [5, 5.41) is 21.7. The largest absolute Gasteiger partial charge is 0.478 e. The molecule has 0 aliphatic heterocycles. The number of carbonyl (C=O) groups is 1. The Morgan fingerprint density at radius 3 is 2.42 bits per heavy atom. The summed E-state index contributed by atoms with van der Waals surface area (Å²) in [5.41, 5.74) is 0.958. The Labute approximate surface area is 122 Å². The van der Waals surface area contributed by atoms with E-state index in [1.165, 1.54) is 0 Å². The van der Waals surface area contributed by atoms with Crippen molar-refractivity contribution in [1.82, 2.24) is 0 Å². The number of halogens is 1. The van der Waals surface area contributed by atoms with Crippen LogP contribution in [0.15, 0.2) is 22.7 Å². The molecule has 0 unspecified atom stereocenters. The number of aliphatic hydroxyl groups is 1. The van der Waals surface area contributed by atoms with Crippen LogP contribution in [0.5, 0.6) is 0 Å². The third-order valence-electron chi connectivity index (χ3n) is 3.70. The van der Waals surface area contributed by atoms with Gasteiger partial charge in [-0.1, -0.05) is 13.8 Å². The minimum atomic E-state index is -0.953. The Hall–Kier alpha value is -1.07. The highest BCUT2D eigenvalue weighted by atomic mass is 79.9. The van der Waals surface area contributed by atoms with Crippen LogP contribution >= 0.6 is 15.9 Å². The van der Waals surface area contributed by atoms with Crippen molar-refractivity contribution < 1.29 is 15.0 Å². The molecular formula is C14H20BrNO3. The molecule has 0 aromatic heterocycles. The Morgan fingerprint density at radius 1 is 1.37 bits per heavy atom. The number of anilines is 1. The zero-order chi connectivity index (χ0) is 14.5. The SMILES string of the molecule is CCC(CC)(CO)CNc1ccc(C(=O)O)c(Br)c1. The predicted molar refractivity (Wildman–Crippen MR) is 79.7 cm³/mol. The van der Waals surface area contributed by atoms with E-state index >= 15 is 0 Å². The lowest BCUT2D eigenvalue weighted by molar-refractivity contribution is 0.0696. The van der Waals surface area contributed by atoms with E-state index in [4.69, 9.17) is 5.11 Å². The number of rotatable bonds is 7. The number of carboxylic acids is 1. The van der Waals surface area contributed by atoms with Gasteiger partial charge in [0.25, 0.3) is 0 Å². The molecule has 0 heterocycles. The lowest BCUT2D eigenvalue weighted by Crippen LogP contribution is -2.32. The maximum atomic E-state index is 10.9. The number of nitrogens with one attached hydrogen (secondary N) is 1. The molecule has 19 heavy (non-hydrogen) atoms. The van der Waals surface area contributed by atoms with Crippen LogP contribution < -0.4 is 5.32 Å². The van der Waals surface area contributed by atoms with Crippen LogP contribution in [0.25, 0.3) is 0 Å². The van der Waals surface area contributed by atoms with Gasteiger partial charge in [-0.2, -0.15) is 0 Å². The van der Waals surface area contributed by atoms with Gasteiger partial charge < -0.3 is 15.5 Å². The summed E-state index contributed by atoms with van der Waals surface area (Å²) >= 11 is 3.25. The minimum absolute atomic E-state index is 0.127. The van der Waals surface area contributed by atoms with Gasteiger partial charge in [0.15, 0.2) is 0 Å². The van der Waals surface area contributed by atoms with Gasteiger partial charge in [0, 0.05) is 22.1 Å². The summed E-state index contributed by atoms with van der Waals surface area (Å²) in [7, 11) is 0. The number of hydrogen-bond acceptors (Lipinski definition) is 3. The van der Waals surface area contributed by atoms with Crippen molar-refractivity contribution in [2.45, 2.75) is 26.7 Å². The van der Waals surface area contributed by atoms with Gasteiger partial charge >= 0.3 is 5.97 Å². The van der Waals surface area contributed by atoms with Crippen molar-refractivity contribution in [3.8, 4) is 0 Å². The standard InChI is InChI=1S/C14H20BrNO3/c1-3-14(4-2,9-17)8-16-10-5-6-11(13(18)19)12(15)7-10/h5-7,16-17H,3-4,8-9H2,1-2H3,(H,18,19). The van der Waals surface area contributed by atoms with Crippen LogP contribution in [0.4, 0.5) is 5.69 Å². The highest BCUT2D eigenvalue weighted by molar-refractivity contribution is 9.10. The van der Waals surface area contributed by atoms with Gasteiger partial charge in [-0.25, -0.2) is 4.79 Å². The van der Waals surface area contributed by atoms with E-state index < -0.39 is 5.97 Å². The van der Waals surface area contributed by atoms with Crippen molar-refractivity contribution in [3.63, 3.8) is 0 Å². The van der Waals surface area contributed by atoms with Crippen molar-refractivity contribution in [1.29, 1.82) is 0 Å². The first kappa shape index (κ1) is 16.0. The van der Waals surface area contributed by atoms with Crippen molar-refractivity contribution in [2.75, 3.05) is 18.5 Å². The van der Waals surface area contributed by atoms with E-state index in [1.54, 1.807) is 18.2 Å². The van der Waals surface area contributed by atoms with E-state index in [9.17, 15) is 9.90 Å². The third kappa shape index (κ3) is 3.94. The summed E-state index contributed by atoms with van der Waals surface area (Å²) < 4.78 is 0.549. The summed E-state index contributed by atoms with van der Waals surface area (Å²) in [4.78, 5) is 10.9. The summed E-state index contributed by atoms with van der Waals surface area (Å²) in [6, 6.07) is 5.05. The number of carboxylic acid groups (broad SMARTS) is 1. The molecule has 1 aromatic carbocycles. The summed E-state index contributed by atoms with van der Waals surface area (Å²) in [6.07, 6.45) is 1.78. The van der Waals surface area contributed by atoms with Gasteiger partial charge in [0.05, 0.1) is 12.2 Å². The van der Waals surface area contributed by atoms with Crippen LogP contribution in [0.3, 0.4) is 0 Å². The Kier molecular flexibility index (Phi) is 5.82. The molecule has 0 fully saturated rings. The molecule has 0 saturated heterocycles. The fourth-order valence-electron chi connectivity index (χ4n) is 1.87. The van der Waals surface area contributed by atoms with Gasteiger partial charge in [-0.05, 0) is 47.0 Å². The number of hydrogen-bond donors (Lipinski definition) is 3. The van der Waals surface area contributed by atoms with E-state index in [0.29, 0.717) is 11.0 Å². The van der Waals surface area contributed by atoms with Gasteiger partial charge in [-0.15, -0.1) is 0 Å². The van der Waals surface area contributed by atoms with E-state index in [-0.39, 0.29) is 17.6 Å². The van der Waals surface area contributed by atoms with Gasteiger partial charge in [0.1, 0.15) is 0 Å². The van der Waals surface area contributed by atoms with Crippen LogP contribution in [-0.4, -0.2) is 29.3 Å². The maximum Gasteiger partial charge on any atom is 0.336 e. The molecule has 1 rings (SSSR count). The lowest BCUT2D eigenvalue weighted by Gasteiger charge is -2.30. The number of benzene rings is 1. The van der Waals surface area contributed by atoms with Crippen LogP contribution in [-0.2, 0) is 0 Å². The van der Waals surface area contributed by atoms with Crippen molar-refractivity contribution in [3.05, 3.63) is 28.2 Å². The van der Waals surface area contributed by atoms with Crippen molar-refractivity contribution >= 4 is 27.6 Å². The monoisotopic (exact) mass is 329 g/mol. The maximum absolute atomic E-state index is 10.9. The zero-order valence-electron chi connectivity index (χ0n) is 11.2. The highest BCUT2D eigenvalue weighted by Crippen LogP contribution is 2.27. The third-order valence-corrected chi connectivity index (χ3v) is 4.36. The van der Waals surface area contributed by atoms with E-state index in [1.807, 2.05) is 0 Å². The first-order valence-corrected chi connectivity index (χ1v) is 7.15. The molecule has 0 aliphatic carbocycles. The molecular weight excluding hydrogens is 310 g/mol. The second kappa shape index (κ2) is 6.91. The van der Waals surface area contributed by atoms with Gasteiger partial charge in [0.2, 0.25) is 0 Å². The van der Waals surface area contributed by atoms with Crippen LogP contribution in [0, 0.1) is 5.41 Å². The first-order valence-electron chi connectivity index (χ1n) is 6.35. The fraction of sp³-hybridized carbons (Fsp3) is 0.500. The normalized spacial score (nSPS) is 11.4. The lowest BCUT2D eigenvalue weighted by atomic mass is 9.83. The molecule has 5 heteroatoms. The molecule has 106 valence electrons. The highest BCUT2D eigenvalue weighted by Gasteiger charge is 2.24.